The van der Waals surface area contributed by atoms with Crippen LogP contribution in [0, 0.1) is 5.41 Å². The summed E-state index contributed by atoms with van der Waals surface area (Å²) in [4.78, 5) is 0. The molecule has 0 aliphatic carbocycles. The summed E-state index contributed by atoms with van der Waals surface area (Å²) in [5, 5.41) is 3.52. The minimum atomic E-state index is 0.0998. The second-order valence-corrected chi connectivity index (χ2v) is 7.34. The van der Waals surface area contributed by atoms with E-state index in [0.29, 0.717) is 6.61 Å². The number of para-hydroxylation sites is 1. The fourth-order valence-electron chi connectivity index (χ4n) is 1.39. The summed E-state index contributed by atoms with van der Waals surface area (Å²) < 4.78 is 6.88. The molecule has 0 aliphatic rings. The molecule has 0 aromatic heterocycles. The Bertz CT molecular complexity index is 382. The van der Waals surface area contributed by atoms with Crippen LogP contribution in [0.1, 0.15) is 34.6 Å². The first-order valence-corrected chi connectivity index (χ1v) is 7.11. The van der Waals surface area contributed by atoms with Crippen molar-refractivity contribution in [2.24, 2.45) is 5.41 Å². The summed E-state index contributed by atoms with van der Waals surface area (Å²) >= 11 is 3.49. The van der Waals surface area contributed by atoms with Gasteiger partial charge in [0.1, 0.15) is 5.75 Å². The molecule has 3 heteroatoms. The lowest BCUT2D eigenvalue weighted by atomic mass is 9.93. The lowest BCUT2D eigenvalue weighted by Crippen LogP contribution is -2.43. The number of hydrogen-bond donors (Lipinski definition) is 1. The van der Waals surface area contributed by atoms with E-state index in [9.17, 15) is 0 Å². The third-order valence-electron chi connectivity index (χ3n) is 2.55. The van der Waals surface area contributed by atoms with Gasteiger partial charge in [0.25, 0.3) is 0 Å². The number of rotatable bonds is 5. The Morgan fingerprint density at radius 1 is 1.11 bits per heavy atom. The van der Waals surface area contributed by atoms with Crippen molar-refractivity contribution in [2.75, 3.05) is 13.2 Å². The molecule has 102 valence electrons. The van der Waals surface area contributed by atoms with Gasteiger partial charge in [0.2, 0.25) is 0 Å². The Kier molecular flexibility index (Phi) is 5.23. The van der Waals surface area contributed by atoms with Gasteiger partial charge in [-0.15, -0.1) is 0 Å². The van der Waals surface area contributed by atoms with E-state index in [1.807, 2.05) is 24.3 Å². The van der Waals surface area contributed by atoms with Gasteiger partial charge in [-0.25, -0.2) is 0 Å². The summed E-state index contributed by atoms with van der Waals surface area (Å²) in [6, 6.07) is 7.96. The lowest BCUT2D eigenvalue weighted by Gasteiger charge is -2.30. The Morgan fingerprint density at radius 2 is 1.72 bits per heavy atom. The van der Waals surface area contributed by atoms with Crippen LogP contribution in [-0.2, 0) is 0 Å². The summed E-state index contributed by atoms with van der Waals surface area (Å²) in [7, 11) is 0. The van der Waals surface area contributed by atoms with Crippen molar-refractivity contribution < 1.29 is 4.74 Å². The number of hydrogen-bond acceptors (Lipinski definition) is 2. The highest BCUT2D eigenvalue weighted by Gasteiger charge is 2.22. The van der Waals surface area contributed by atoms with E-state index in [-0.39, 0.29) is 11.0 Å². The van der Waals surface area contributed by atoms with Crippen LogP contribution in [0.15, 0.2) is 28.7 Å². The molecule has 18 heavy (non-hydrogen) atoms. The monoisotopic (exact) mass is 313 g/mol. The van der Waals surface area contributed by atoms with E-state index < -0.39 is 0 Å². The fraction of sp³-hybridized carbons (Fsp3) is 0.600. The molecular formula is C15H24BrNO. The zero-order valence-electron chi connectivity index (χ0n) is 12.0. The van der Waals surface area contributed by atoms with Crippen LogP contribution in [0.4, 0.5) is 0 Å². The van der Waals surface area contributed by atoms with Gasteiger partial charge in [0.05, 0.1) is 11.1 Å². The summed E-state index contributed by atoms with van der Waals surface area (Å²) in [6.45, 7) is 12.6. The van der Waals surface area contributed by atoms with Crippen LogP contribution < -0.4 is 10.1 Å². The van der Waals surface area contributed by atoms with Crippen LogP contribution >= 0.6 is 15.9 Å². The number of halogens is 1. The zero-order valence-corrected chi connectivity index (χ0v) is 13.6. The molecule has 0 spiro atoms. The summed E-state index contributed by atoms with van der Waals surface area (Å²) in [6.07, 6.45) is 0. The van der Waals surface area contributed by atoms with Crippen molar-refractivity contribution >= 4 is 15.9 Å². The van der Waals surface area contributed by atoms with Gasteiger partial charge in [-0.1, -0.05) is 26.0 Å². The number of nitrogens with one attached hydrogen (secondary N) is 1. The van der Waals surface area contributed by atoms with E-state index >= 15 is 0 Å². The minimum absolute atomic E-state index is 0.0998. The van der Waals surface area contributed by atoms with E-state index in [4.69, 9.17) is 4.74 Å². The van der Waals surface area contributed by atoms with Crippen LogP contribution in [0.25, 0.3) is 0 Å². The third-order valence-corrected chi connectivity index (χ3v) is 3.21. The van der Waals surface area contributed by atoms with Gasteiger partial charge in [-0.05, 0) is 48.8 Å². The molecule has 0 bridgehead atoms. The number of benzene rings is 1. The molecule has 0 amide bonds. The van der Waals surface area contributed by atoms with E-state index in [2.05, 4.69) is 55.9 Å². The molecule has 2 nitrogen and oxygen atoms in total. The maximum absolute atomic E-state index is 5.88. The molecule has 0 radical (unpaired) electrons. The lowest BCUT2D eigenvalue weighted by molar-refractivity contribution is 0.165. The molecule has 0 fully saturated rings. The van der Waals surface area contributed by atoms with Crippen molar-refractivity contribution in [3.05, 3.63) is 28.7 Å². The summed E-state index contributed by atoms with van der Waals surface area (Å²) in [5.41, 5.74) is 0.243. The van der Waals surface area contributed by atoms with Crippen LogP contribution in [0.2, 0.25) is 0 Å². The van der Waals surface area contributed by atoms with E-state index in [0.717, 1.165) is 16.8 Å². The quantitative estimate of drug-likeness (QED) is 0.877. The van der Waals surface area contributed by atoms with Crippen LogP contribution in [0.3, 0.4) is 0 Å². The summed E-state index contributed by atoms with van der Waals surface area (Å²) in [5.74, 6) is 0.904. The first kappa shape index (κ1) is 15.5. The Labute approximate surface area is 119 Å². The normalized spacial score (nSPS) is 12.6. The topological polar surface area (TPSA) is 21.3 Å². The number of ether oxygens (including phenoxy) is 1. The maximum Gasteiger partial charge on any atom is 0.133 e. The molecule has 0 aliphatic heterocycles. The molecular weight excluding hydrogens is 290 g/mol. The highest BCUT2D eigenvalue weighted by molar-refractivity contribution is 9.10. The average Bonchev–Trinajstić information content (AvgIpc) is 2.25. The van der Waals surface area contributed by atoms with Gasteiger partial charge in [-0.3, -0.25) is 0 Å². The van der Waals surface area contributed by atoms with Gasteiger partial charge in [0.15, 0.2) is 0 Å². The van der Waals surface area contributed by atoms with Crippen LogP contribution in [0.5, 0.6) is 5.75 Å². The molecule has 0 unspecified atom stereocenters. The fourth-order valence-corrected chi connectivity index (χ4v) is 1.79. The van der Waals surface area contributed by atoms with E-state index in [1.54, 1.807) is 0 Å². The molecule has 0 saturated heterocycles. The highest BCUT2D eigenvalue weighted by Crippen LogP contribution is 2.26. The first-order chi connectivity index (χ1) is 8.20. The highest BCUT2D eigenvalue weighted by atomic mass is 79.9. The largest absolute Gasteiger partial charge is 0.492 e. The Balaban J connectivity index is 2.49. The first-order valence-electron chi connectivity index (χ1n) is 6.32. The predicted octanol–water partition coefficient (Wildman–Crippen LogP) is 4.24. The van der Waals surface area contributed by atoms with Gasteiger partial charge in [-0.2, -0.15) is 0 Å². The van der Waals surface area contributed by atoms with Crippen molar-refractivity contribution in [1.29, 1.82) is 0 Å². The van der Waals surface area contributed by atoms with Crippen molar-refractivity contribution in [2.45, 2.75) is 40.2 Å². The van der Waals surface area contributed by atoms with Crippen molar-refractivity contribution in [3.63, 3.8) is 0 Å². The second-order valence-electron chi connectivity index (χ2n) is 6.49. The average molecular weight is 314 g/mol. The standard InChI is InChI=1S/C15H24BrNO/c1-14(2,3)17-10-15(4,5)11-18-13-9-7-6-8-12(13)16/h6-9,17H,10-11H2,1-5H3. The second kappa shape index (κ2) is 6.07. The Morgan fingerprint density at radius 3 is 2.28 bits per heavy atom. The third kappa shape index (κ3) is 5.87. The van der Waals surface area contributed by atoms with Gasteiger partial charge in [0, 0.05) is 17.5 Å². The van der Waals surface area contributed by atoms with E-state index in [1.165, 1.54) is 0 Å². The smallest absolute Gasteiger partial charge is 0.133 e. The molecule has 1 rings (SSSR count). The molecule has 0 saturated carbocycles. The maximum atomic E-state index is 5.88. The Hall–Kier alpha value is -0.540. The minimum Gasteiger partial charge on any atom is -0.492 e. The SMILES string of the molecule is CC(C)(CNC(C)(C)C)COc1ccccc1Br. The predicted molar refractivity (Wildman–Crippen MR) is 81.2 cm³/mol. The molecule has 1 aromatic rings. The molecule has 1 aromatic carbocycles. The van der Waals surface area contributed by atoms with Crippen LogP contribution in [-0.4, -0.2) is 18.7 Å². The van der Waals surface area contributed by atoms with Gasteiger partial charge < -0.3 is 10.1 Å². The van der Waals surface area contributed by atoms with Crippen molar-refractivity contribution in [3.8, 4) is 5.75 Å². The molecule has 1 N–H and O–H groups in total. The molecule has 0 atom stereocenters. The zero-order chi connectivity index (χ0) is 13.8. The molecule has 0 heterocycles. The van der Waals surface area contributed by atoms with Crippen molar-refractivity contribution in [1.82, 2.24) is 5.32 Å². The van der Waals surface area contributed by atoms with Gasteiger partial charge >= 0.3 is 0 Å².